The predicted octanol–water partition coefficient (Wildman–Crippen LogP) is 1.26. The minimum absolute atomic E-state index is 0.0290. The lowest BCUT2D eigenvalue weighted by Crippen LogP contribution is -2.43. The van der Waals surface area contributed by atoms with Gasteiger partial charge in [0.25, 0.3) is 0 Å². The summed E-state index contributed by atoms with van der Waals surface area (Å²) in [7, 11) is 0. The number of nitrogens with zero attached hydrogens (tertiary/aromatic N) is 2. The van der Waals surface area contributed by atoms with E-state index >= 15 is 0 Å². The molecular formula is C12H18N2O2S. The largest absolute Gasteiger partial charge is 0.391 e. The summed E-state index contributed by atoms with van der Waals surface area (Å²) in [5, 5.41) is 12.8. The first-order valence-corrected chi connectivity index (χ1v) is 7.07. The average molecular weight is 254 g/mol. The van der Waals surface area contributed by atoms with Crippen LogP contribution in [0.5, 0.6) is 0 Å². The first-order chi connectivity index (χ1) is 8.26. The van der Waals surface area contributed by atoms with Crippen molar-refractivity contribution in [2.24, 2.45) is 0 Å². The molecular weight excluding hydrogens is 236 g/mol. The van der Waals surface area contributed by atoms with Crippen LogP contribution >= 0.6 is 11.3 Å². The zero-order valence-corrected chi connectivity index (χ0v) is 10.7. The number of hydrogen-bond donors (Lipinski definition) is 1. The third kappa shape index (κ3) is 2.52. The zero-order chi connectivity index (χ0) is 11.7. The van der Waals surface area contributed by atoms with Crippen molar-refractivity contribution in [3.05, 3.63) is 16.6 Å². The smallest absolute Gasteiger partial charge is 0.107 e. The minimum atomic E-state index is -0.250. The van der Waals surface area contributed by atoms with Crippen LogP contribution in [0.25, 0.3) is 0 Å². The third-order valence-electron chi connectivity index (χ3n) is 3.80. The van der Waals surface area contributed by atoms with Crippen molar-refractivity contribution in [3.8, 4) is 0 Å². The molecule has 1 spiro atoms. The van der Waals surface area contributed by atoms with Crippen molar-refractivity contribution in [1.82, 2.24) is 9.88 Å². The molecule has 1 aromatic heterocycles. The molecule has 0 saturated carbocycles. The van der Waals surface area contributed by atoms with Crippen molar-refractivity contribution in [2.75, 3.05) is 19.7 Å². The molecule has 2 aliphatic rings. The summed E-state index contributed by atoms with van der Waals surface area (Å²) in [6, 6.07) is 0. The highest BCUT2D eigenvalue weighted by Gasteiger charge is 2.42. The second-order valence-electron chi connectivity index (χ2n) is 5.05. The fraction of sp³-hybridized carbons (Fsp3) is 0.750. The second kappa shape index (κ2) is 4.65. The van der Waals surface area contributed by atoms with Gasteiger partial charge in [0, 0.05) is 31.1 Å². The van der Waals surface area contributed by atoms with Crippen LogP contribution in [-0.4, -0.2) is 46.4 Å². The highest BCUT2D eigenvalue weighted by Crippen LogP contribution is 2.36. The Bertz CT molecular complexity index is 361. The highest BCUT2D eigenvalue weighted by molar-refractivity contribution is 7.09. The van der Waals surface area contributed by atoms with Crippen molar-refractivity contribution in [3.63, 3.8) is 0 Å². The van der Waals surface area contributed by atoms with Crippen LogP contribution in [0, 0.1) is 0 Å². The van der Waals surface area contributed by atoms with Crippen LogP contribution in [-0.2, 0) is 11.3 Å². The topological polar surface area (TPSA) is 45.6 Å². The van der Waals surface area contributed by atoms with Gasteiger partial charge in [-0.3, -0.25) is 4.90 Å². The first-order valence-electron chi connectivity index (χ1n) is 6.19. The van der Waals surface area contributed by atoms with Crippen LogP contribution in [0.4, 0.5) is 0 Å². The Morgan fingerprint density at radius 1 is 1.53 bits per heavy atom. The first kappa shape index (κ1) is 11.6. The van der Waals surface area contributed by atoms with Gasteiger partial charge in [0.05, 0.1) is 24.9 Å². The number of rotatable bonds is 2. The Morgan fingerprint density at radius 3 is 2.94 bits per heavy atom. The Kier molecular flexibility index (Phi) is 3.17. The molecule has 1 atom stereocenters. The van der Waals surface area contributed by atoms with E-state index in [4.69, 9.17) is 4.74 Å². The van der Waals surface area contributed by atoms with E-state index in [9.17, 15) is 5.11 Å². The van der Waals surface area contributed by atoms with Gasteiger partial charge in [-0.05, 0) is 12.8 Å². The summed E-state index contributed by atoms with van der Waals surface area (Å²) in [5.41, 5.74) is -0.0290. The number of aromatic nitrogens is 1. The number of likely N-dealkylation sites (tertiary alicyclic amines) is 1. The maximum atomic E-state index is 9.57. The van der Waals surface area contributed by atoms with E-state index in [0.29, 0.717) is 6.61 Å². The fourth-order valence-corrected chi connectivity index (χ4v) is 3.47. The summed E-state index contributed by atoms with van der Waals surface area (Å²) in [6.07, 6.45) is 4.51. The van der Waals surface area contributed by atoms with E-state index in [0.717, 1.165) is 38.9 Å². The molecule has 1 aromatic rings. The molecule has 0 amide bonds. The van der Waals surface area contributed by atoms with Gasteiger partial charge in [0.1, 0.15) is 5.01 Å². The van der Waals surface area contributed by atoms with Crippen molar-refractivity contribution >= 4 is 11.3 Å². The second-order valence-corrected chi connectivity index (χ2v) is 6.03. The molecule has 3 rings (SSSR count). The van der Waals surface area contributed by atoms with Crippen LogP contribution in [0.3, 0.4) is 0 Å². The van der Waals surface area contributed by atoms with Gasteiger partial charge >= 0.3 is 0 Å². The maximum Gasteiger partial charge on any atom is 0.107 e. The van der Waals surface area contributed by atoms with Gasteiger partial charge in [-0.15, -0.1) is 11.3 Å². The van der Waals surface area contributed by atoms with Crippen molar-refractivity contribution in [1.29, 1.82) is 0 Å². The molecule has 0 radical (unpaired) electrons. The predicted molar refractivity (Wildman–Crippen MR) is 65.9 cm³/mol. The maximum absolute atomic E-state index is 9.57. The fourth-order valence-electron chi connectivity index (χ4n) is 2.81. The SMILES string of the molecule is OC1COC2(CCN(Cc3nccs3)CC2)C1. The normalized spacial score (nSPS) is 28.9. The molecule has 94 valence electrons. The van der Waals surface area contributed by atoms with E-state index in [1.54, 1.807) is 11.3 Å². The van der Waals surface area contributed by atoms with Crippen LogP contribution < -0.4 is 0 Å². The summed E-state index contributed by atoms with van der Waals surface area (Å²) < 4.78 is 5.79. The molecule has 0 bridgehead atoms. The number of piperidine rings is 1. The lowest BCUT2D eigenvalue weighted by atomic mass is 9.88. The highest BCUT2D eigenvalue weighted by atomic mass is 32.1. The van der Waals surface area contributed by atoms with Crippen LogP contribution in [0.15, 0.2) is 11.6 Å². The lowest BCUT2D eigenvalue weighted by molar-refractivity contribution is -0.0456. The Hall–Kier alpha value is -0.490. The van der Waals surface area contributed by atoms with Gasteiger partial charge in [0.2, 0.25) is 0 Å². The molecule has 1 N–H and O–H groups in total. The lowest BCUT2D eigenvalue weighted by Gasteiger charge is -2.38. The Balaban J connectivity index is 1.54. The summed E-state index contributed by atoms with van der Waals surface area (Å²) in [5.74, 6) is 0. The van der Waals surface area contributed by atoms with Gasteiger partial charge < -0.3 is 9.84 Å². The monoisotopic (exact) mass is 254 g/mol. The molecule has 4 nitrogen and oxygen atoms in total. The van der Waals surface area contributed by atoms with Gasteiger partial charge in [-0.25, -0.2) is 4.98 Å². The van der Waals surface area contributed by atoms with Crippen LogP contribution in [0.2, 0.25) is 0 Å². The molecule has 2 fully saturated rings. The number of aliphatic hydroxyl groups excluding tert-OH is 1. The van der Waals surface area contributed by atoms with Gasteiger partial charge in [-0.2, -0.15) is 0 Å². The van der Waals surface area contributed by atoms with Crippen molar-refractivity contribution in [2.45, 2.75) is 37.5 Å². The molecule has 2 aliphatic heterocycles. The average Bonchev–Trinajstić information content (AvgIpc) is 2.93. The molecule has 0 aromatic carbocycles. The summed E-state index contributed by atoms with van der Waals surface area (Å²) >= 11 is 1.72. The number of ether oxygens (including phenoxy) is 1. The third-order valence-corrected chi connectivity index (χ3v) is 4.56. The molecule has 2 saturated heterocycles. The number of thiazole rings is 1. The van der Waals surface area contributed by atoms with Gasteiger partial charge in [-0.1, -0.05) is 0 Å². The zero-order valence-electron chi connectivity index (χ0n) is 9.84. The summed E-state index contributed by atoms with van der Waals surface area (Å²) in [6.45, 7) is 3.57. The minimum Gasteiger partial charge on any atom is -0.391 e. The van der Waals surface area contributed by atoms with Crippen molar-refractivity contribution < 1.29 is 9.84 Å². The number of hydrogen-bond acceptors (Lipinski definition) is 5. The van der Waals surface area contributed by atoms with E-state index in [1.165, 1.54) is 5.01 Å². The molecule has 17 heavy (non-hydrogen) atoms. The van der Waals surface area contributed by atoms with Crippen LogP contribution in [0.1, 0.15) is 24.3 Å². The Morgan fingerprint density at radius 2 is 2.35 bits per heavy atom. The van der Waals surface area contributed by atoms with E-state index < -0.39 is 0 Å². The van der Waals surface area contributed by atoms with Gasteiger partial charge in [0.15, 0.2) is 0 Å². The quantitative estimate of drug-likeness (QED) is 0.863. The van der Waals surface area contributed by atoms with E-state index in [1.807, 2.05) is 11.6 Å². The van der Waals surface area contributed by atoms with E-state index in [2.05, 4.69) is 9.88 Å². The Labute approximate surface area is 105 Å². The summed E-state index contributed by atoms with van der Waals surface area (Å²) in [4.78, 5) is 6.75. The molecule has 1 unspecified atom stereocenters. The molecule has 3 heterocycles. The van der Waals surface area contributed by atoms with E-state index in [-0.39, 0.29) is 11.7 Å². The molecule has 0 aliphatic carbocycles. The standard InChI is InChI=1S/C12H18N2O2S/c15-10-7-12(16-9-10)1-4-14(5-2-12)8-11-13-3-6-17-11/h3,6,10,15H,1-2,4-5,7-9H2. The number of aliphatic hydroxyl groups is 1. The molecule has 5 heteroatoms.